The lowest BCUT2D eigenvalue weighted by Gasteiger charge is -2.15. The van der Waals surface area contributed by atoms with Crippen molar-refractivity contribution in [3.8, 4) is 6.07 Å². The van der Waals surface area contributed by atoms with Crippen molar-refractivity contribution in [3.63, 3.8) is 0 Å². The Kier molecular flexibility index (Phi) is 5.35. The van der Waals surface area contributed by atoms with E-state index in [1.165, 1.54) is 0 Å². The molecule has 0 aromatic rings. The highest BCUT2D eigenvalue weighted by Gasteiger charge is 2.16. The summed E-state index contributed by atoms with van der Waals surface area (Å²) in [6.45, 7) is 5.45. The Hall–Kier alpha value is -0.860. The highest BCUT2D eigenvalue weighted by atomic mass is 32.2. The summed E-state index contributed by atoms with van der Waals surface area (Å²) in [5, 5.41) is 9.28. The topological polar surface area (TPSA) is 61.2 Å². The highest BCUT2D eigenvalue weighted by molar-refractivity contribution is 7.92. The zero-order valence-electron chi connectivity index (χ0n) is 7.73. The Labute approximate surface area is 79.5 Å². The normalized spacial score (nSPS) is 11.2. The van der Waals surface area contributed by atoms with E-state index in [0.717, 1.165) is 22.6 Å². The molecule has 0 saturated carbocycles. The van der Waals surface area contributed by atoms with E-state index < -0.39 is 10.0 Å². The molecule has 0 N–H and O–H groups in total. The maximum absolute atomic E-state index is 11.3. The van der Waals surface area contributed by atoms with E-state index in [1.54, 1.807) is 0 Å². The summed E-state index contributed by atoms with van der Waals surface area (Å²) in [4.78, 5) is 0. The largest absolute Gasteiger partial charge is 0.236 e. The Morgan fingerprint density at radius 2 is 2.23 bits per heavy atom. The van der Waals surface area contributed by atoms with Crippen molar-refractivity contribution in [2.45, 2.75) is 19.8 Å². The van der Waals surface area contributed by atoms with Crippen LogP contribution in [0.25, 0.3) is 0 Å². The van der Waals surface area contributed by atoms with Crippen LogP contribution in [-0.4, -0.2) is 25.8 Å². The molecule has 0 aromatic heterocycles. The molecule has 0 aliphatic rings. The quantitative estimate of drug-likeness (QED) is 0.606. The predicted molar refractivity (Wildman–Crippen MR) is 51.2 cm³/mol. The van der Waals surface area contributed by atoms with Crippen molar-refractivity contribution in [2.24, 2.45) is 0 Å². The second kappa shape index (κ2) is 5.73. The first-order chi connectivity index (χ1) is 6.08. The van der Waals surface area contributed by atoms with E-state index >= 15 is 0 Å². The summed E-state index contributed by atoms with van der Waals surface area (Å²) >= 11 is 0. The molecule has 0 aromatic carbocycles. The Bertz CT molecular complexity index is 290. The molecular weight excluding hydrogens is 188 g/mol. The molecule has 0 fully saturated rings. The summed E-state index contributed by atoms with van der Waals surface area (Å²) in [5.41, 5.74) is 0. The maximum atomic E-state index is 11.3. The number of hydrogen-bond acceptors (Lipinski definition) is 3. The molecule has 0 amide bonds. The van der Waals surface area contributed by atoms with Gasteiger partial charge in [0, 0.05) is 12.0 Å². The summed E-state index contributed by atoms with van der Waals surface area (Å²) in [6.07, 6.45) is 1.66. The van der Waals surface area contributed by atoms with Gasteiger partial charge >= 0.3 is 0 Å². The Morgan fingerprint density at radius 1 is 1.62 bits per heavy atom. The van der Waals surface area contributed by atoms with Crippen molar-refractivity contribution in [2.75, 3.05) is 13.1 Å². The average molecular weight is 202 g/mol. The van der Waals surface area contributed by atoms with Gasteiger partial charge in [-0.15, -0.1) is 0 Å². The van der Waals surface area contributed by atoms with E-state index in [9.17, 15) is 8.42 Å². The van der Waals surface area contributed by atoms with Crippen LogP contribution >= 0.6 is 0 Å². The molecule has 0 rings (SSSR count). The first kappa shape index (κ1) is 12.1. The number of hydrogen-bond donors (Lipinski definition) is 0. The summed E-state index contributed by atoms with van der Waals surface area (Å²) in [6, 6.07) is 1.82. The molecule has 0 unspecified atom stereocenters. The number of unbranched alkanes of at least 4 members (excludes halogenated alkanes) is 1. The van der Waals surface area contributed by atoms with Crippen LogP contribution in [0.15, 0.2) is 12.0 Å². The molecule has 0 bridgehead atoms. The monoisotopic (exact) mass is 202 g/mol. The number of nitrogens with zero attached hydrogens (tertiary/aromatic N) is 2. The lowest BCUT2D eigenvalue weighted by Crippen LogP contribution is -2.30. The maximum Gasteiger partial charge on any atom is 0.236 e. The minimum Gasteiger partial charge on any atom is -0.207 e. The highest BCUT2D eigenvalue weighted by Crippen LogP contribution is 2.03. The SMILES string of the molecule is C=CS(=O)(=O)N(CC#N)CCCC. The van der Waals surface area contributed by atoms with Gasteiger partial charge in [-0.2, -0.15) is 9.57 Å². The van der Waals surface area contributed by atoms with Crippen molar-refractivity contribution in [3.05, 3.63) is 12.0 Å². The van der Waals surface area contributed by atoms with Crippen LogP contribution in [0.3, 0.4) is 0 Å². The minimum atomic E-state index is -3.42. The molecule has 0 aliphatic heterocycles. The molecule has 0 atom stereocenters. The van der Waals surface area contributed by atoms with Crippen molar-refractivity contribution < 1.29 is 8.42 Å². The van der Waals surface area contributed by atoms with Crippen molar-refractivity contribution in [1.29, 1.82) is 5.26 Å². The lowest BCUT2D eigenvalue weighted by atomic mass is 10.3. The molecule has 0 aliphatic carbocycles. The van der Waals surface area contributed by atoms with Gasteiger partial charge < -0.3 is 0 Å². The van der Waals surface area contributed by atoms with Crippen LogP contribution in [0.5, 0.6) is 0 Å². The third-order valence-electron chi connectivity index (χ3n) is 1.58. The molecular formula is C8H14N2O2S. The van der Waals surface area contributed by atoms with Gasteiger partial charge in [-0.1, -0.05) is 19.9 Å². The van der Waals surface area contributed by atoms with Crippen LogP contribution in [0, 0.1) is 11.3 Å². The first-order valence-electron chi connectivity index (χ1n) is 4.08. The van der Waals surface area contributed by atoms with Crippen LogP contribution in [0.4, 0.5) is 0 Å². The van der Waals surface area contributed by atoms with Gasteiger partial charge in [0.2, 0.25) is 10.0 Å². The standard InChI is InChI=1S/C8H14N2O2S/c1-3-5-7-10(8-6-9)13(11,12)4-2/h4H,2-3,5,7-8H2,1H3. The Morgan fingerprint density at radius 3 is 2.62 bits per heavy atom. The van der Waals surface area contributed by atoms with Gasteiger partial charge in [0.25, 0.3) is 0 Å². The second-order valence-corrected chi connectivity index (χ2v) is 4.44. The first-order valence-corrected chi connectivity index (χ1v) is 5.58. The fourth-order valence-corrected chi connectivity index (χ4v) is 1.65. The molecule has 0 spiro atoms. The summed E-state index contributed by atoms with van der Waals surface area (Å²) in [5.74, 6) is 0. The van der Waals surface area contributed by atoms with E-state index in [2.05, 4.69) is 6.58 Å². The van der Waals surface area contributed by atoms with Gasteiger partial charge in [-0.25, -0.2) is 8.42 Å². The van der Waals surface area contributed by atoms with Crippen LogP contribution < -0.4 is 0 Å². The zero-order chi connectivity index (χ0) is 10.3. The number of sulfonamides is 1. The van der Waals surface area contributed by atoms with Gasteiger partial charge in [0.05, 0.1) is 6.07 Å². The van der Waals surface area contributed by atoms with E-state index in [1.807, 2.05) is 13.0 Å². The molecule has 0 saturated heterocycles. The van der Waals surface area contributed by atoms with Gasteiger partial charge in [0.15, 0.2) is 0 Å². The van der Waals surface area contributed by atoms with Crippen molar-refractivity contribution >= 4 is 10.0 Å². The molecule has 5 heteroatoms. The third-order valence-corrected chi connectivity index (χ3v) is 3.03. The molecule has 4 nitrogen and oxygen atoms in total. The smallest absolute Gasteiger partial charge is 0.207 e. The summed E-state index contributed by atoms with van der Waals surface area (Å²) < 4.78 is 23.6. The number of nitriles is 1. The van der Waals surface area contributed by atoms with E-state index in [0.29, 0.717) is 6.54 Å². The Balaban J connectivity index is 4.43. The van der Waals surface area contributed by atoms with E-state index in [-0.39, 0.29) is 6.54 Å². The third kappa shape index (κ3) is 4.06. The summed E-state index contributed by atoms with van der Waals surface area (Å²) in [7, 11) is -3.42. The van der Waals surface area contributed by atoms with Crippen LogP contribution in [0.1, 0.15) is 19.8 Å². The molecule has 74 valence electrons. The fourth-order valence-electron chi connectivity index (χ4n) is 0.815. The number of rotatable bonds is 6. The lowest BCUT2D eigenvalue weighted by molar-refractivity contribution is 0.442. The van der Waals surface area contributed by atoms with Crippen LogP contribution in [0.2, 0.25) is 0 Å². The predicted octanol–water partition coefficient (Wildman–Crippen LogP) is 1.09. The molecule has 0 heterocycles. The van der Waals surface area contributed by atoms with Gasteiger partial charge in [-0.05, 0) is 6.42 Å². The van der Waals surface area contributed by atoms with Gasteiger partial charge in [0.1, 0.15) is 6.54 Å². The van der Waals surface area contributed by atoms with Gasteiger partial charge in [-0.3, -0.25) is 0 Å². The zero-order valence-corrected chi connectivity index (χ0v) is 8.55. The van der Waals surface area contributed by atoms with E-state index in [4.69, 9.17) is 5.26 Å². The van der Waals surface area contributed by atoms with Crippen molar-refractivity contribution in [1.82, 2.24) is 4.31 Å². The fraction of sp³-hybridized carbons (Fsp3) is 0.625. The second-order valence-electron chi connectivity index (χ2n) is 2.56. The molecule has 0 radical (unpaired) electrons. The minimum absolute atomic E-state index is 0.103. The molecule has 13 heavy (non-hydrogen) atoms. The van der Waals surface area contributed by atoms with Crippen LogP contribution in [-0.2, 0) is 10.0 Å². The average Bonchev–Trinajstić information content (AvgIpc) is 2.12.